The Hall–Kier alpha value is -2.46. The summed E-state index contributed by atoms with van der Waals surface area (Å²) in [6.07, 6.45) is 5.92. The number of aromatic nitrogens is 1. The van der Waals surface area contributed by atoms with Crippen LogP contribution >= 0.6 is 11.3 Å². The maximum Gasteiger partial charge on any atom is 0.266 e. The molecule has 3 nitrogen and oxygen atoms in total. The Morgan fingerprint density at radius 1 is 0.967 bits per heavy atom. The summed E-state index contributed by atoms with van der Waals surface area (Å²) in [5.74, 6) is 1.33. The van der Waals surface area contributed by atoms with Crippen molar-refractivity contribution in [2.24, 2.45) is 5.92 Å². The second-order valence-corrected chi connectivity index (χ2v) is 9.62. The Labute approximate surface area is 182 Å². The van der Waals surface area contributed by atoms with Crippen molar-refractivity contribution >= 4 is 17.2 Å². The van der Waals surface area contributed by atoms with Gasteiger partial charge in [0, 0.05) is 18.2 Å². The molecule has 2 heterocycles. The van der Waals surface area contributed by atoms with E-state index in [4.69, 9.17) is 4.98 Å². The topological polar surface area (TPSA) is 33.2 Å². The second kappa shape index (κ2) is 8.35. The van der Waals surface area contributed by atoms with E-state index in [0.717, 1.165) is 40.5 Å². The lowest BCUT2D eigenvalue weighted by molar-refractivity contribution is 0.0322. The van der Waals surface area contributed by atoms with Crippen LogP contribution in [-0.4, -0.2) is 28.4 Å². The molecule has 1 saturated heterocycles. The van der Waals surface area contributed by atoms with Crippen LogP contribution in [0, 0.1) is 12.8 Å². The zero-order chi connectivity index (χ0) is 20.5. The van der Waals surface area contributed by atoms with Crippen molar-refractivity contribution in [3.8, 4) is 10.6 Å². The van der Waals surface area contributed by atoms with Gasteiger partial charge in [0.05, 0.1) is 5.69 Å². The van der Waals surface area contributed by atoms with Gasteiger partial charge >= 0.3 is 0 Å². The lowest BCUT2D eigenvalue weighted by Gasteiger charge is -2.48. The molecule has 2 aliphatic rings. The van der Waals surface area contributed by atoms with Gasteiger partial charge in [-0.25, -0.2) is 4.98 Å². The third kappa shape index (κ3) is 3.58. The standard InChI is InChI=1S/C26H28N2OS/c1-18-24(30-25(27-18)20-12-6-3-7-13-20)26(29)28-17-16-21(19-10-4-2-5-11-19)22-14-8-9-15-23(22)28/h2-7,10-13,21-23H,8-9,14-17H2,1H3/t21-,22-,23-/m1/s1. The molecule has 30 heavy (non-hydrogen) atoms. The summed E-state index contributed by atoms with van der Waals surface area (Å²) in [4.78, 5) is 21.4. The number of aryl methyl sites for hydroxylation is 1. The van der Waals surface area contributed by atoms with E-state index in [-0.39, 0.29) is 5.91 Å². The Morgan fingerprint density at radius 3 is 2.43 bits per heavy atom. The third-order valence-corrected chi connectivity index (χ3v) is 8.07. The highest BCUT2D eigenvalue weighted by Gasteiger charge is 2.42. The van der Waals surface area contributed by atoms with Crippen LogP contribution in [0.3, 0.4) is 0 Å². The molecular formula is C26H28N2OS. The average molecular weight is 417 g/mol. The average Bonchev–Trinajstić information content (AvgIpc) is 3.20. The lowest BCUT2D eigenvalue weighted by atomic mass is 9.69. The van der Waals surface area contributed by atoms with Crippen LogP contribution in [0.4, 0.5) is 0 Å². The van der Waals surface area contributed by atoms with Crippen LogP contribution in [0.1, 0.15) is 59.0 Å². The summed E-state index contributed by atoms with van der Waals surface area (Å²) in [7, 11) is 0. The number of fused-ring (bicyclic) bond motifs is 1. The number of amides is 1. The quantitative estimate of drug-likeness (QED) is 0.501. The van der Waals surface area contributed by atoms with Crippen LogP contribution in [0.2, 0.25) is 0 Å². The van der Waals surface area contributed by atoms with Gasteiger partial charge < -0.3 is 4.90 Å². The Kier molecular flexibility index (Phi) is 5.43. The number of rotatable bonds is 3. The number of thiazole rings is 1. The number of likely N-dealkylation sites (tertiary alicyclic amines) is 1. The van der Waals surface area contributed by atoms with E-state index in [9.17, 15) is 4.79 Å². The predicted molar refractivity (Wildman–Crippen MR) is 123 cm³/mol. The van der Waals surface area contributed by atoms with Crippen LogP contribution in [0.5, 0.6) is 0 Å². The maximum atomic E-state index is 13.7. The molecule has 0 N–H and O–H groups in total. The molecule has 0 radical (unpaired) electrons. The molecule has 1 aliphatic carbocycles. The van der Waals surface area contributed by atoms with Gasteiger partial charge in [-0.3, -0.25) is 4.79 Å². The maximum absolute atomic E-state index is 13.7. The molecule has 0 unspecified atom stereocenters. The SMILES string of the molecule is Cc1nc(-c2ccccc2)sc1C(=O)N1CC[C@H](c2ccccc2)[C@H]2CCCC[C@H]21. The van der Waals surface area contributed by atoms with E-state index in [1.807, 2.05) is 25.1 Å². The number of piperidine rings is 1. The van der Waals surface area contributed by atoms with Gasteiger partial charge in [0.15, 0.2) is 0 Å². The number of hydrogen-bond acceptors (Lipinski definition) is 3. The van der Waals surface area contributed by atoms with E-state index >= 15 is 0 Å². The first kappa shape index (κ1) is 19.5. The van der Waals surface area contributed by atoms with Gasteiger partial charge in [-0.15, -0.1) is 11.3 Å². The summed E-state index contributed by atoms with van der Waals surface area (Å²) in [6, 6.07) is 21.5. The summed E-state index contributed by atoms with van der Waals surface area (Å²) in [5.41, 5.74) is 3.39. The fourth-order valence-electron chi connectivity index (χ4n) is 5.45. The van der Waals surface area contributed by atoms with Crippen molar-refractivity contribution in [2.45, 2.75) is 51.0 Å². The number of carbonyl (C=O) groups excluding carboxylic acids is 1. The van der Waals surface area contributed by atoms with Gasteiger partial charge in [-0.05, 0) is 43.6 Å². The third-order valence-electron chi connectivity index (χ3n) is 6.88. The number of nitrogens with zero attached hydrogens (tertiary/aromatic N) is 2. The number of hydrogen-bond donors (Lipinski definition) is 0. The Balaban J connectivity index is 1.42. The van der Waals surface area contributed by atoms with Gasteiger partial charge in [-0.1, -0.05) is 73.5 Å². The van der Waals surface area contributed by atoms with Crippen molar-refractivity contribution in [3.05, 3.63) is 76.8 Å². The van der Waals surface area contributed by atoms with Crippen LogP contribution < -0.4 is 0 Å². The molecule has 3 aromatic rings. The minimum atomic E-state index is 0.190. The Bertz CT molecular complexity index is 1010. The lowest BCUT2D eigenvalue weighted by Crippen LogP contribution is -2.52. The highest BCUT2D eigenvalue weighted by molar-refractivity contribution is 7.17. The molecular weight excluding hydrogens is 388 g/mol. The summed E-state index contributed by atoms with van der Waals surface area (Å²) >= 11 is 1.55. The molecule has 154 valence electrons. The molecule has 2 aromatic carbocycles. The molecule has 1 aromatic heterocycles. The molecule has 4 heteroatoms. The van der Waals surface area contributed by atoms with E-state index < -0.39 is 0 Å². The van der Waals surface area contributed by atoms with Crippen molar-refractivity contribution < 1.29 is 4.79 Å². The fraction of sp³-hybridized carbons (Fsp3) is 0.385. The van der Waals surface area contributed by atoms with Gasteiger partial charge in [0.1, 0.15) is 9.88 Å². The Morgan fingerprint density at radius 2 is 1.67 bits per heavy atom. The molecule has 1 aliphatic heterocycles. The number of benzene rings is 2. The molecule has 0 spiro atoms. The smallest absolute Gasteiger partial charge is 0.266 e. The second-order valence-electron chi connectivity index (χ2n) is 8.62. The highest BCUT2D eigenvalue weighted by Crippen LogP contribution is 2.45. The van der Waals surface area contributed by atoms with E-state index in [1.165, 1.54) is 24.8 Å². The van der Waals surface area contributed by atoms with Gasteiger partial charge in [-0.2, -0.15) is 0 Å². The van der Waals surface area contributed by atoms with Gasteiger partial charge in [0.2, 0.25) is 0 Å². The largest absolute Gasteiger partial charge is 0.335 e. The van der Waals surface area contributed by atoms with Crippen molar-refractivity contribution in [2.75, 3.05) is 6.54 Å². The highest BCUT2D eigenvalue weighted by atomic mass is 32.1. The van der Waals surface area contributed by atoms with Crippen LogP contribution in [0.25, 0.3) is 10.6 Å². The molecule has 1 amide bonds. The molecule has 5 rings (SSSR count). The predicted octanol–water partition coefficient (Wildman–Crippen LogP) is 6.31. The van der Waals surface area contributed by atoms with E-state index in [1.54, 1.807) is 11.3 Å². The number of carbonyl (C=O) groups is 1. The zero-order valence-corrected chi connectivity index (χ0v) is 18.3. The monoisotopic (exact) mass is 416 g/mol. The fourth-order valence-corrected chi connectivity index (χ4v) is 6.48. The molecule has 0 bridgehead atoms. The van der Waals surface area contributed by atoms with Gasteiger partial charge in [0.25, 0.3) is 5.91 Å². The first-order chi connectivity index (χ1) is 14.7. The first-order valence-corrected chi connectivity index (χ1v) is 11.9. The van der Waals surface area contributed by atoms with Crippen molar-refractivity contribution in [3.63, 3.8) is 0 Å². The summed E-state index contributed by atoms with van der Waals surface area (Å²) in [5, 5.41) is 0.941. The van der Waals surface area contributed by atoms with Crippen molar-refractivity contribution in [1.29, 1.82) is 0 Å². The minimum Gasteiger partial charge on any atom is -0.335 e. The summed E-state index contributed by atoms with van der Waals surface area (Å²) < 4.78 is 0. The minimum absolute atomic E-state index is 0.190. The van der Waals surface area contributed by atoms with Crippen LogP contribution in [-0.2, 0) is 0 Å². The molecule has 2 fully saturated rings. The molecule has 1 saturated carbocycles. The summed E-state index contributed by atoms with van der Waals surface area (Å²) in [6.45, 7) is 2.82. The van der Waals surface area contributed by atoms with E-state index in [0.29, 0.717) is 17.9 Å². The first-order valence-electron chi connectivity index (χ1n) is 11.1. The van der Waals surface area contributed by atoms with E-state index in [2.05, 4.69) is 47.4 Å². The van der Waals surface area contributed by atoms with Crippen molar-refractivity contribution in [1.82, 2.24) is 9.88 Å². The van der Waals surface area contributed by atoms with Crippen LogP contribution in [0.15, 0.2) is 60.7 Å². The molecule has 3 atom stereocenters. The normalized spacial score (nSPS) is 23.8. The zero-order valence-electron chi connectivity index (χ0n) is 17.5.